The van der Waals surface area contributed by atoms with Crippen molar-refractivity contribution in [2.45, 2.75) is 19.9 Å². The van der Waals surface area contributed by atoms with E-state index in [0.717, 1.165) is 17.1 Å². The van der Waals surface area contributed by atoms with Gasteiger partial charge in [0.2, 0.25) is 0 Å². The van der Waals surface area contributed by atoms with Crippen LogP contribution in [0.3, 0.4) is 0 Å². The quantitative estimate of drug-likeness (QED) is 0.598. The highest BCUT2D eigenvalue weighted by Crippen LogP contribution is 2.35. The molecule has 1 atom stereocenters. The van der Waals surface area contributed by atoms with Gasteiger partial charge in [0.1, 0.15) is 25.4 Å². The number of hydrogen-bond donors (Lipinski definition) is 2. The SMILES string of the molecule is COC(=O)c1c[nH]c(-c2cc(N[C@@H](c3ccc4c(c3)OCCO4)C(C)C)ncn2)c1. The molecule has 0 bridgehead atoms. The summed E-state index contributed by atoms with van der Waals surface area (Å²) in [5.74, 6) is 2.11. The van der Waals surface area contributed by atoms with E-state index in [9.17, 15) is 4.79 Å². The highest BCUT2D eigenvalue weighted by Gasteiger charge is 2.20. The van der Waals surface area contributed by atoms with Crippen LogP contribution in [-0.2, 0) is 4.74 Å². The number of esters is 1. The summed E-state index contributed by atoms with van der Waals surface area (Å²) in [5.41, 5.74) is 2.91. The van der Waals surface area contributed by atoms with Crippen LogP contribution in [-0.4, -0.2) is 41.2 Å². The lowest BCUT2D eigenvalue weighted by Crippen LogP contribution is -2.19. The van der Waals surface area contributed by atoms with Crippen LogP contribution in [0.4, 0.5) is 5.82 Å². The molecule has 1 aliphatic rings. The topological polar surface area (TPSA) is 98.4 Å². The molecule has 0 fully saturated rings. The standard InChI is InChI=1S/C22H24N4O4/c1-13(2)21(14-4-5-18-19(9-14)30-7-6-29-18)26-20-10-17(24-12-25-20)16-8-15(11-23-16)22(27)28-3/h4-5,8-13,21,23H,6-7H2,1-3H3,(H,24,25,26)/t21-/m1/s1. The minimum atomic E-state index is -0.400. The maximum atomic E-state index is 11.7. The molecule has 4 rings (SSSR count). The molecular weight excluding hydrogens is 384 g/mol. The number of fused-ring (bicyclic) bond motifs is 1. The van der Waals surface area contributed by atoms with Crippen molar-refractivity contribution in [3.8, 4) is 22.9 Å². The van der Waals surface area contributed by atoms with Gasteiger partial charge in [0.15, 0.2) is 11.5 Å². The molecule has 8 nitrogen and oxygen atoms in total. The Morgan fingerprint density at radius 1 is 1.13 bits per heavy atom. The molecule has 3 aromatic rings. The number of methoxy groups -OCH3 is 1. The van der Waals surface area contributed by atoms with Gasteiger partial charge < -0.3 is 24.5 Å². The van der Waals surface area contributed by atoms with Gasteiger partial charge in [-0.1, -0.05) is 19.9 Å². The van der Waals surface area contributed by atoms with Gasteiger partial charge in [0.05, 0.1) is 30.1 Å². The van der Waals surface area contributed by atoms with E-state index in [2.05, 4.69) is 34.1 Å². The third-order valence-electron chi connectivity index (χ3n) is 4.94. The molecule has 0 amide bonds. The highest BCUT2D eigenvalue weighted by molar-refractivity contribution is 5.90. The maximum Gasteiger partial charge on any atom is 0.339 e. The van der Waals surface area contributed by atoms with Gasteiger partial charge >= 0.3 is 5.97 Å². The molecule has 0 saturated heterocycles. The predicted octanol–water partition coefficient (Wildman–Crippen LogP) is 3.84. The average Bonchev–Trinajstić information content (AvgIpc) is 3.27. The fourth-order valence-electron chi connectivity index (χ4n) is 3.41. The number of aromatic nitrogens is 3. The van der Waals surface area contributed by atoms with Crippen LogP contribution in [0.15, 0.2) is 42.9 Å². The first-order valence-corrected chi connectivity index (χ1v) is 9.80. The molecule has 0 unspecified atom stereocenters. The van der Waals surface area contributed by atoms with Gasteiger partial charge in [-0.05, 0) is 29.7 Å². The molecule has 0 saturated carbocycles. The molecule has 1 aromatic carbocycles. The highest BCUT2D eigenvalue weighted by atomic mass is 16.6. The van der Waals surface area contributed by atoms with Crippen molar-refractivity contribution in [3.05, 3.63) is 54.0 Å². The summed E-state index contributed by atoms with van der Waals surface area (Å²) < 4.78 is 16.1. The Balaban J connectivity index is 1.58. The van der Waals surface area contributed by atoms with Crippen LogP contribution in [0.1, 0.15) is 35.8 Å². The summed E-state index contributed by atoms with van der Waals surface area (Å²) in [7, 11) is 1.35. The average molecular weight is 408 g/mol. The molecule has 0 radical (unpaired) electrons. The minimum Gasteiger partial charge on any atom is -0.486 e. The Bertz CT molecular complexity index is 1050. The largest absolute Gasteiger partial charge is 0.486 e. The maximum absolute atomic E-state index is 11.7. The number of rotatable bonds is 6. The van der Waals surface area contributed by atoms with Crippen LogP contribution < -0.4 is 14.8 Å². The van der Waals surface area contributed by atoms with Crippen molar-refractivity contribution in [3.63, 3.8) is 0 Å². The first kappa shape index (κ1) is 19.8. The number of carbonyl (C=O) groups excluding carboxylic acids is 1. The number of nitrogens with one attached hydrogen (secondary N) is 2. The molecule has 2 N–H and O–H groups in total. The zero-order valence-electron chi connectivity index (χ0n) is 17.1. The molecule has 2 aromatic heterocycles. The third kappa shape index (κ3) is 4.07. The van der Waals surface area contributed by atoms with Crippen molar-refractivity contribution in [1.29, 1.82) is 0 Å². The molecule has 0 spiro atoms. The van der Waals surface area contributed by atoms with Crippen LogP contribution in [0.25, 0.3) is 11.4 Å². The zero-order valence-corrected chi connectivity index (χ0v) is 17.1. The summed E-state index contributed by atoms with van der Waals surface area (Å²) in [5, 5.41) is 3.50. The third-order valence-corrected chi connectivity index (χ3v) is 4.94. The Hall–Kier alpha value is -3.55. The summed E-state index contributed by atoms with van der Waals surface area (Å²) in [6.45, 7) is 5.40. The van der Waals surface area contributed by atoms with Crippen LogP contribution in [0, 0.1) is 5.92 Å². The van der Waals surface area contributed by atoms with E-state index in [1.54, 1.807) is 12.3 Å². The van der Waals surface area contributed by atoms with E-state index in [0.29, 0.717) is 41.9 Å². The molecule has 30 heavy (non-hydrogen) atoms. The van der Waals surface area contributed by atoms with Gasteiger partial charge in [-0.25, -0.2) is 14.8 Å². The minimum absolute atomic E-state index is 0.0119. The lowest BCUT2D eigenvalue weighted by atomic mass is 9.95. The molecule has 0 aliphatic carbocycles. The molecule has 8 heteroatoms. The van der Waals surface area contributed by atoms with Crippen molar-refractivity contribution < 1.29 is 19.0 Å². The lowest BCUT2D eigenvalue weighted by Gasteiger charge is -2.26. The zero-order chi connectivity index (χ0) is 21.1. The number of H-pyrrole nitrogens is 1. The Labute approximate surface area is 174 Å². The van der Waals surface area contributed by atoms with Gasteiger partial charge in [-0.2, -0.15) is 0 Å². The second-order valence-electron chi connectivity index (χ2n) is 7.35. The number of hydrogen-bond acceptors (Lipinski definition) is 7. The number of ether oxygens (including phenoxy) is 3. The first-order valence-electron chi connectivity index (χ1n) is 9.80. The van der Waals surface area contributed by atoms with E-state index >= 15 is 0 Å². The van der Waals surface area contributed by atoms with Crippen molar-refractivity contribution in [2.24, 2.45) is 5.92 Å². The first-order chi connectivity index (χ1) is 14.5. The number of benzene rings is 1. The Morgan fingerprint density at radius 3 is 2.70 bits per heavy atom. The monoisotopic (exact) mass is 408 g/mol. The summed E-state index contributed by atoms with van der Waals surface area (Å²) >= 11 is 0. The number of nitrogens with zero attached hydrogens (tertiary/aromatic N) is 2. The molecule has 156 valence electrons. The lowest BCUT2D eigenvalue weighted by molar-refractivity contribution is 0.0601. The van der Waals surface area contributed by atoms with Gasteiger partial charge in [-0.3, -0.25) is 0 Å². The van der Waals surface area contributed by atoms with Gasteiger partial charge in [-0.15, -0.1) is 0 Å². The second kappa shape index (κ2) is 8.44. The molecular formula is C22H24N4O4. The number of carbonyl (C=O) groups is 1. The van der Waals surface area contributed by atoms with Crippen molar-refractivity contribution in [2.75, 3.05) is 25.6 Å². The van der Waals surface area contributed by atoms with Crippen LogP contribution in [0.5, 0.6) is 11.5 Å². The normalized spacial score (nSPS) is 13.7. The predicted molar refractivity (Wildman–Crippen MR) is 112 cm³/mol. The van der Waals surface area contributed by atoms with E-state index < -0.39 is 5.97 Å². The Morgan fingerprint density at radius 2 is 1.93 bits per heavy atom. The van der Waals surface area contributed by atoms with Gasteiger partial charge in [0.25, 0.3) is 0 Å². The van der Waals surface area contributed by atoms with Gasteiger partial charge in [0, 0.05) is 12.3 Å². The number of anilines is 1. The second-order valence-corrected chi connectivity index (χ2v) is 7.35. The van der Waals surface area contributed by atoms with E-state index in [1.807, 2.05) is 24.3 Å². The summed E-state index contributed by atoms with van der Waals surface area (Å²) in [6.07, 6.45) is 3.10. The van der Waals surface area contributed by atoms with E-state index in [4.69, 9.17) is 14.2 Å². The number of aromatic amines is 1. The van der Waals surface area contributed by atoms with Crippen molar-refractivity contribution >= 4 is 11.8 Å². The van der Waals surface area contributed by atoms with Crippen molar-refractivity contribution in [1.82, 2.24) is 15.0 Å². The molecule has 1 aliphatic heterocycles. The van der Waals surface area contributed by atoms with E-state index in [-0.39, 0.29) is 6.04 Å². The Kier molecular flexibility index (Phi) is 5.56. The molecule has 3 heterocycles. The van der Waals surface area contributed by atoms with Crippen LogP contribution >= 0.6 is 0 Å². The smallest absolute Gasteiger partial charge is 0.339 e. The van der Waals surface area contributed by atoms with E-state index in [1.165, 1.54) is 13.4 Å². The fourth-order valence-corrected chi connectivity index (χ4v) is 3.41. The van der Waals surface area contributed by atoms with Crippen LogP contribution in [0.2, 0.25) is 0 Å². The summed E-state index contributed by atoms with van der Waals surface area (Å²) in [4.78, 5) is 23.4. The fraction of sp³-hybridized carbons (Fsp3) is 0.318. The summed E-state index contributed by atoms with van der Waals surface area (Å²) in [6, 6.07) is 9.57.